The lowest BCUT2D eigenvalue weighted by atomic mass is 10.1. The Morgan fingerprint density at radius 2 is 1.53 bits per heavy atom. The molecule has 1 aromatic heterocycles. The van der Waals surface area contributed by atoms with Crippen LogP contribution in [0.5, 0.6) is 0 Å². The number of nitrogens with one attached hydrogen (secondary N) is 2. The highest BCUT2D eigenvalue weighted by molar-refractivity contribution is 5.95. The van der Waals surface area contributed by atoms with Crippen LogP contribution in [0.1, 0.15) is 0 Å². The van der Waals surface area contributed by atoms with Gasteiger partial charge in [0.25, 0.3) is 0 Å². The summed E-state index contributed by atoms with van der Waals surface area (Å²) in [5, 5.41) is 8.83. The minimum Gasteiger partial charge on any atom is -0.373 e. The molecule has 0 aliphatic heterocycles. The molecule has 94 valence electrons. The van der Waals surface area contributed by atoms with Crippen LogP contribution in [0.25, 0.3) is 10.8 Å². The van der Waals surface area contributed by atoms with E-state index in [4.69, 9.17) is 0 Å². The van der Waals surface area contributed by atoms with Gasteiger partial charge in [0.1, 0.15) is 11.6 Å². The molecule has 0 unspecified atom stereocenters. The number of pyridine rings is 1. The molecular formula is C16H15N3. The van der Waals surface area contributed by atoms with Gasteiger partial charge in [-0.3, -0.25) is 0 Å². The van der Waals surface area contributed by atoms with Gasteiger partial charge in [-0.1, -0.05) is 42.5 Å². The third-order valence-electron chi connectivity index (χ3n) is 3.06. The molecule has 0 saturated carbocycles. The number of hydrogen-bond donors (Lipinski definition) is 2. The van der Waals surface area contributed by atoms with E-state index in [0.717, 1.165) is 17.3 Å². The Morgan fingerprint density at radius 3 is 2.42 bits per heavy atom. The minimum absolute atomic E-state index is 0.836. The predicted octanol–water partition coefficient (Wildman–Crippen LogP) is 4.02. The summed E-state index contributed by atoms with van der Waals surface area (Å²) < 4.78 is 0. The van der Waals surface area contributed by atoms with Gasteiger partial charge in [-0.2, -0.15) is 0 Å². The van der Waals surface area contributed by atoms with Gasteiger partial charge in [-0.15, -0.1) is 0 Å². The summed E-state index contributed by atoms with van der Waals surface area (Å²) in [6.07, 6.45) is 0. The SMILES string of the molecule is CNc1cccc(Nc2cccc3ccccc23)n1. The second-order valence-electron chi connectivity index (χ2n) is 4.31. The number of rotatable bonds is 3. The second-order valence-corrected chi connectivity index (χ2v) is 4.31. The van der Waals surface area contributed by atoms with E-state index >= 15 is 0 Å². The molecule has 3 heteroatoms. The molecule has 0 aliphatic rings. The Kier molecular flexibility index (Phi) is 3.02. The van der Waals surface area contributed by atoms with Crippen LogP contribution in [-0.2, 0) is 0 Å². The first kappa shape index (κ1) is 11.5. The van der Waals surface area contributed by atoms with Gasteiger partial charge in [0.2, 0.25) is 0 Å². The Morgan fingerprint density at radius 1 is 0.789 bits per heavy atom. The quantitative estimate of drug-likeness (QED) is 0.736. The maximum Gasteiger partial charge on any atom is 0.132 e. The van der Waals surface area contributed by atoms with Gasteiger partial charge < -0.3 is 10.6 Å². The molecule has 0 radical (unpaired) electrons. The van der Waals surface area contributed by atoms with Crippen molar-refractivity contribution >= 4 is 28.1 Å². The topological polar surface area (TPSA) is 37.0 Å². The molecule has 0 spiro atoms. The fraction of sp³-hybridized carbons (Fsp3) is 0.0625. The lowest BCUT2D eigenvalue weighted by Crippen LogP contribution is -1.97. The summed E-state index contributed by atoms with van der Waals surface area (Å²) in [5.41, 5.74) is 1.07. The maximum absolute atomic E-state index is 4.47. The molecule has 2 aromatic carbocycles. The lowest BCUT2D eigenvalue weighted by Gasteiger charge is -2.10. The van der Waals surface area contributed by atoms with Crippen molar-refractivity contribution in [2.75, 3.05) is 17.7 Å². The third-order valence-corrected chi connectivity index (χ3v) is 3.06. The first-order chi connectivity index (χ1) is 9.36. The molecule has 0 aliphatic carbocycles. The zero-order valence-corrected chi connectivity index (χ0v) is 10.7. The molecule has 0 fully saturated rings. The lowest BCUT2D eigenvalue weighted by molar-refractivity contribution is 1.28. The molecule has 0 saturated heterocycles. The number of nitrogens with zero attached hydrogens (tertiary/aromatic N) is 1. The normalized spacial score (nSPS) is 10.4. The standard InChI is InChI=1S/C16H15N3/c1-17-15-10-5-11-16(19-15)18-14-9-4-7-12-6-2-3-8-13(12)14/h2-11H,1H3,(H2,17,18,19). The van der Waals surface area contributed by atoms with E-state index in [1.165, 1.54) is 10.8 Å². The fourth-order valence-electron chi connectivity index (χ4n) is 2.12. The zero-order valence-electron chi connectivity index (χ0n) is 10.7. The van der Waals surface area contributed by atoms with Crippen LogP contribution >= 0.6 is 0 Å². The number of hydrogen-bond acceptors (Lipinski definition) is 3. The van der Waals surface area contributed by atoms with E-state index in [1.807, 2.05) is 43.4 Å². The van der Waals surface area contributed by atoms with Crippen LogP contribution < -0.4 is 10.6 Å². The summed E-state index contributed by atoms with van der Waals surface area (Å²) in [6, 6.07) is 20.4. The maximum atomic E-state index is 4.47. The first-order valence-corrected chi connectivity index (χ1v) is 6.26. The molecule has 0 amide bonds. The summed E-state index contributed by atoms with van der Waals surface area (Å²) in [5.74, 6) is 1.69. The van der Waals surface area contributed by atoms with E-state index in [9.17, 15) is 0 Å². The van der Waals surface area contributed by atoms with Crippen molar-refractivity contribution in [3.05, 3.63) is 60.7 Å². The van der Waals surface area contributed by atoms with Crippen molar-refractivity contribution in [2.24, 2.45) is 0 Å². The van der Waals surface area contributed by atoms with Crippen molar-refractivity contribution in [1.29, 1.82) is 0 Å². The van der Waals surface area contributed by atoms with Crippen LogP contribution in [0, 0.1) is 0 Å². The van der Waals surface area contributed by atoms with Crippen LogP contribution in [0.4, 0.5) is 17.3 Å². The van der Waals surface area contributed by atoms with Crippen LogP contribution in [-0.4, -0.2) is 12.0 Å². The van der Waals surface area contributed by atoms with Gasteiger partial charge in [-0.25, -0.2) is 4.98 Å². The number of anilines is 3. The van der Waals surface area contributed by atoms with Crippen LogP contribution in [0.3, 0.4) is 0 Å². The predicted molar refractivity (Wildman–Crippen MR) is 81.0 cm³/mol. The van der Waals surface area contributed by atoms with Crippen molar-refractivity contribution in [1.82, 2.24) is 4.98 Å². The van der Waals surface area contributed by atoms with Gasteiger partial charge in [0.05, 0.1) is 0 Å². The number of fused-ring (bicyclic) bond motifs is 1. The Bertz CT molecular complexity index is 702. The molecule has 3 nitrogen and oxygen atoms in total. The summed E-state index contributed by atoms with van der Waals surface area (Å²) in [4.78, 5) is 4.47. The van der Waals surface area contributed by atoms with Crippen LogP contribution in [0.2, 0.25) is 0 Å². The molecule has 1 heterocycles. The minimum atomic E-state index is 0.836. The molecular weight excluding hydrogens is 234 g/mol. The molecule has 0 bridgehead atoms. The Hall–Kier alpha value is -2.55. The van der Waals surface area contributed by atoms with Crippen molar-refractivity contribution in [2.45, 2.75) is 0 Å². The number of benzene rings is 2. The van der Waals surface area contributed by atoms with E-state index in [1.54, 1.807) is 0 Å². The summed E-state index contributed by atoms with van der Waals surface area (Å²) in [6.45, 7) is 0. The highest BCUT2D eigenvalue weighted by Gasteiger charge is 2.01. The van der Waals surface area contributed by atoms with E-state index in [0.29, 0.717) is 0 Å². The molecule has 3 rings (SSSR count). The highest BCUT2D eigenvalue weighted by Crippen LogP contribution is 2.25. The molecule has 2 N–H and O–H groups in total. The zero-order chi connectivity index (χ0) is 13.1. The largest absolute Gasteiger partial charge is 0.373 e. The van der Waals surface area contributed by atoms with Gasteiger partial charge >= 0.3 is 0 Å². The molecule has 3 aromatic rings. The average molecular weight is 249 g/mol. The summed E-state index contributed by atoms with van der Waals surface area (Å²) in [7, 11) is 1.87. The van der Waals surface area contributed by atoms with Gasteiger partial charge in [-0.05, 0) is 23.6 Å². The van der Waals surface area contributed by atoms with Crippen molar-refractivity contribution < 1.29 is 0 Å². The average Bonchev–Trinajstić information content (AvgIpc) is 2.48. The second kappa shape index (κ2) is 4.98. The molecule has 19 heavy (non-hydrogen) atoms. The third kappa shape index (κ3) is 2.36. The highest BCUT2D eigenvalue weighted by atomic mass is 15.0. The number of aromatic nitrogens is 1. The van der Waals surface area contributed by atoms with Crippen LogP contribution in [0.15, 0.2) is 60.7 Å². The van der Waals surface area contributed by atoms with Crippen molar-refractivity contribution in [3.8, 4) is 0 Å². The van der Waals surface area contributed by atoms with E-state index < -0.39 is 0 Å². The van der Waals surface area contributed by atoms with Crippen molar-refractivity contribution in [3.63, 3.8) is 0 Å². The fourth-order valence-corrected chi connectivity index (χ4v) is 2.12. The van der Waals surface area contributed by atoms with E-state index in [-0.39, 0.29) is 0 Å². The Labute approximate surface area is 112 Å². The van der Waals surface area contributed by atoms with Gasteiger partial charge in [0.15, 0.2) is 0 Å². The smallest absolute Gasteiger partial charge is 0.132 e. The molecule has 0 atom stereocenters. The van der Waals surface area contributed by atoms with Gasteiger partial charge in [0, 0.05) is 18.1 Å². The first-order valence-electron chi connectivity index (χ1n) is 6.26. The summed E-state index contributed by atoms with van der Waals surface area (Å²) >= 11 is 0. The monoisotopic (exact) mass is 249 g/mol. The Balaban J connectivity index is 2.01. The van der Waals surface area contributed by atoms with E-state index in [2.05, 4.69) is 39.9 Å².